The van der Waals surface area contributed by atoms with Gasteiger partial charge in [0.25, 0.3) is 0 Å². The standard InChI is InChI=1S/C12H15N3O3/c13-11-10-8(14-12(16)15-11)2-1-3-9(10)18-7-4-5-17-6-7/h1-3,7-8,10H,4-6H2,(H3,13,14,15,16). The molecule has 1 fully saturated rings. The van der Waals surface area contributed by atoms with Crippen LogP contribution in [0.4, 0.5) is 4.79 Å². The summed E-state index contributed by atoms with van der Waals surface area (Å²) in [6, 6.07) is -0.568. The second-order valence-corrected chi connectivity index (χ2v) is 4.55. The first kappa shape index (κ1) is 11.3. The molecule has 3 aliphatic rings. The summed E-state index contributed by atoms with van der Waals surface area (Å²) in [4.78, 5) is 15.0. The van der Waals surface area contributed by atoms with Gasteiger partial charge in [-0.25, -0.2) is 4.79 Å². The Kier molecular flexibility index (Phi) is 2.79. The first-order chi connectivity index (χ1) is 8.74. The van der Waals surface area contributed by atoms with Crippen molar-refractivity contribution in [1.82, 2.24) is 5.32 Å². The van der Waals surface area contributed by atoms with Gasteiger partial charge >= 0.3 is 6.03 Å². The number of hydrogen-bond acceptors (Lipinski definition) is 4. The molecule has 3 N–H and O–H groups in total. The number of urea groups is 1. The summed E-state index contributed by atoms with van der Waals surface area (Å²) < 4.78 is 11.2. The minimum absolute atomic E-state index is 0.0637. The summed E-state index contributed by atoms with van der Waals surface area (Å²) in [5.41, 5.74) is 5.85. The summed E-state index contributed by atoms with van der Waals surface area (Å²) in [6.45, 7) is 1.32. The zero-order chi connectivity index (χ0) is 12.5. The summed E-state index contributed by atoms with van der Waals surface area (Å²) in [5, 5.41) is 2.76. The van der Waals surface area contributed by atoms with E-state index >= 15 is 0 Å². The van der Waals surface area contributed by atoms with Crippen LogP contribution in [0.1, 0.15) is 6.42 Å². The van der Waals surface area contributed by atoms with Crippen LogP contribution in [0.15, 0.2) is 29.0 Å². The van der Waals surface area contributed by atoms with E-state index in [1.165, 1.54) is 0 Å². The van der Waals surface area contributed by atoms with Gasteiger partial charge in [0.05, 0.1) is 25.2 Å². The molecule has 0 aromatic heterocycles. The molecule has 3 unspecified atom stereocenters. The predicted molar refractivity (Wildman–Crippen MR) is 65.0 cm³/mol. The van der Waals surface area contributed by atoms with Crippen molar-refractivity contribution in [2.45, 2.75) is 18.6 Å². The fourth-order valence-electron chi connectivity index (χ4n) is 2.40. The van der Waals surface area contributed by atoms with Crippen LogP contribution in [0.25, 0.3) is 0 Å². The lowest BCUT2D eigenvalue weighted by atomic mass is 9.91. The van der Waals surface area contributed by atoms with E-state index in [9.17, 15) is 4.79 Å². The van der Waals surface area contributed by atoms with E-state index in [0.29, 0.717) is 12.4 Å². The number of amidine groups is 1. The van der Waals surface area contributed by atoms with Crippen LogP contribution in [0, 0.1) is 5.92 Å². The molecule has 96 valence electrons. The third kappa shape index (κ3) is 1.99. The van der Waals surface area contributed by atoms with E-state index in [1.807, 2.05) is 18.2 Å². The van der Waals surface area contributed by atoms with Gasteiger partial charge in [0.1, 0.15) is 17.7 Å². The molecule has 3 rings (SSSR count). The quantitative estimate of drug-likeness (QED) is 0.737. The molecular weight excluding hydrogens is 234 g/mol. The third-order valence-electron chi connectivity index (χ3n) is 3.27. The number of nitrogens with one attached hydrogen (secondary N) is 1. The number of hydrogen-bond donors (Lipinski definition) is 2. The number of carbonyl (C=O) groups is 1. The summed E-state index contributed by atoms with van der Waals surface area (Å²) >= 11 is 0. The Morgan fingerprint density at radius 2 is 2.44 bits per heavy atom. The average molecular weight is 249 g/mol. The fourth-order valence-corrected chi connectivity index (χ4v) is 2.40. The molecule has 6 heteroatoms. The molecule has 6 nitrogen and oxygen atoms in total. The zero-order valence-electron chi connectivity index (χ0n) is 9.83. The Balaban J connectivity index is 1.80. The van der Waals surface area contributed by atoms with Gasteiger partial charge in [-0.3, -0.25) is 0 Å². The highest BCUT2D eigenvalue weighted by molar-refractivity contribution is 5.99. The van der Waals surface area contributed by atoms with Crippen molar-refractivity contribution < 1.29 is 14.3 Å². The number of ether oxygens (including phenoxy) is 2. The number of aliphatic imine (C=N–C) groups is 1. The first-order valence-corrected chi connectivity index (χ1v) is 6.01. The number of nitrogens with zero attached hydrogens (tertiary/aromatic N) is 1. The number of carbonyl (C=O) groups excluding carboxylic acids is 1. The lowest BCUT2D eigenvalue weighted by Crippen LogP contribution is -2.50. The molecule has 1 aliphatic carbocycles. The monoisotopic (exact) mass is 249 g/mol. The Morgan fingerprint density at radius 3 is 3.22 bits per heavy atom. The smallest absolute Gasteiger partial charge is 0.343 e. The fraction of sp³-hybridized carbons (Fsp3) is 0.500. The summed E-state index contributed by atoms with van der Waals surface area (Å²) in [7, 11) is 0. The number of rotatable bonds is 2. The molecule has 0 aromatic rings. The Hall–Kier alpha value is -1.82. The largest absolute Gasteiger partial charge is 0.491 e. The van der Waals surface area contributed by atoms with E-state index < -0.39 is 6.03 Å². The molecule has 2 amide bonds. The minimum Gasteiger partial charge on any atom is -0.491 e. The van der Waals surface area contributed by atoms with E-state index in [0.717, 1.165) is 18.8 Å². The van der Waals surface area contributed by atoms with Crippen molar-refractivity contribution >= 4 is 11.9 Å². The maximum absolute atomic E-state index is 11.3. The first-order valence-electron chi connectivity index (χ1n) is 6.01. The van der Waals surface area contributed by atoms with E-state index in [4.69, 9.17) is 15.2 Å². The molecule has 0 aromatic carbocycles. The van der Waals surface area contributed by atoms with Crippen LogP contribution in [0.3, 0.4) is 0 Å². The second kappa shape index (κ2) is 4.45. The van der Waals surface area contributed by atoms with Gasteiger partial charge in [-0.2, -0.15) is 4.99 Å². The highest BCUT2D eigenvalue weighted by atomic mass is 16.5. The van der Waals surface area contributed by atoms with Crippen LogP contribution >= 0.6 is 0 Å². The molecule has 0 radical (unpaired) electrons. The van der Waals surface area contributed by atoms with E-state index in [-0.39, 0.29) is 18.1 Å². The van der Waals surface area contributed by atoms with Crippen LogP contribution in [-0.4, -0.2) is 37.2 Å². The van der Waals surface area contributed by atoms with Crippen LogP contribution in [0.5, 0.6) is 0 Å². The van der Waals surface area contributed by atoms with Gasteiger partial charge in [0, 0.05) is 6.42 Å². The molecule has 1 saturated heterocycles. The maximum Gasteiger partial charge on any atom is 0.343 e. The van der Waals surface area contributed by atoms with Crippen LogP contribution in [0.2, 0.25) is 0 Å². The van der Waals surface area contributed by atoms with Crippen LogP contribution in [-0.2, 0) is 9.47 Å². The van der Waals surface area contributed by atoms with Crippen molar-refractivity contribution in [2.75, 3.05) is 13.2 Å². The van der Waals surface area contributed by atoms with Gasteiger partial charge in [-0.05, 0) is 6.08 Å². The molecule has 0 spiro atoms. The topological polar surface area (TPSA) is 85.9 Å². The van der Waals surface area contributed by atoms with Crippen molar-refractivity contribution in [3.8, 4) is 0 Å². The second-order valence-electron chi connectivity index (χ2n) is 4.55. The molecule has 3 atom stereocenters. The number of fused-ring (bicyclic) bond motifs is 1. The van der Waals surface area contributed by atoms with Gasteiger partial charge in [0.15, 0.2) is 0 Å². The highest BCUT2D eigenvalue weighted by Crippen LogP contribution is 2.27. The summed E-state index contributed by atoms with van der Waals surface area (Å²) in [6.07, 6.45) is 6.57. The van der Waals surface area contributed by atoms with Gasteiger partial charge < -0.3 is 20.5 Å². The minimum atomic E-state index is -0.399. The number of allylic oxidation sites excluding steroid dienone is 2. The normalized spacial score (nSPS) is 34.4. The lowest BCUT2D eigenvalue weighted by molar-refractivity contribution is 0.0786. The molecule has 2 aliphatic heterocycles. The van der Waals surface area contributed by atoms with E-state index in [1.54, 1.807) is 0 Å². The Morgan fingerprint density at radius 1 is 1.56 bits per heavy atom. The van der Waals surface area contributed by atoms with Gasteiger partial charge in [-0.15, -0.1) is 0 Å². The van der Waals surface area contributed by atoms with Crippen LogP contribution < -0.4 is 11.1 Å². The Bertz CT molecular complexity index is 449. The average Bonchev–Trinajstić information content (AvgIpc) is 2.81. The Labute approximate surface area is 105 Å². The lowest BCUT2D eigenvalue weighted by Gasteiger charge is -2.32. The molecule has 0 saturated carbocycles. The number of nitrogens with two attached hydrogens (primary N) is 1. The molecule has 2 heterocycles. The van der Waals surface area contributed by atoms with Gasteiger partial charge in [-0.1, -0.05) is 12.2 Å². The molecule has 0 bridgehead atoms. The van der Waals surface area contributed by atoms with Crippen molar-refractivity contribution in [3.05, 3.63) is 24.0 Å². The SMILES string of the molecule is NC1=NC(=O)NC2C=CC=C(OC3CCOC3)C12. The summed E-state index contributed by atoms with van der Waals surface area (Å²) in [5.74, 6) is 0.853. The molecular formula is C12H15N3O3. The van der Waals surface area contributed by atoms with Gasteiger partial charge in [0.2, 0.25) is 0 Å². The third-order valence-corrected chi connectivity index (χ3v) is 3.27. The maximum atomic E-state index is 11.3. The number of amides is 2. The van der Waals surface area contributed by atoms with E-state index in [2.05, 4.69) is 10.3 Å². The van der Waals surface area contributed by atoms with Crippen molar-refractivity contribution in [1.29, 1.82) is 0 Å². The molecule has 18 heavy (non-hydrogen) atoms. The predicted octanol–water partition coefficient (Wildman–Crippen LogP) is 0.311. The van der Waals surface area contributed by atoms with Crippen molar-refractivity contribution in [3.63, 3.8) is 0 Å². The van der Waals surface area contributed by atoms with Crippen molar-refractivity contribution in [2.24, 2.45) is 16.6 Å². The zero-order valence-corrected chi connectivity index (χ0v) is 9.83. The highest BCUT2D eigenvalue weighted by Gasteiger charge is 2.36.